The van der Waals surface area contributed by atoms with Crippen LogP contribution < -0.4 is 10.6 Å². The summed E-state index contributed by atoms with van der Waals surface area (Å²) >= 11 is 0. The third-order valence-corrected chi connectivity index (χ3v) is 2.90. The number of hydrogen-bond donors (Lipinski definition) is 2. The van der Waals surface area contributed by atoms with Crippen molar-refractivity contribution in [3.63, 3.8) is 0 Å². The van der Waals surface area contributed by atoms with Crippen molar-refractivity contribution < 1.29 is 9.53 Å². The molecule has 0 unspecified atom stereocenters. The SMILES string of the molecule is CCCc1nc(NCCNC(=O)OC(C)(C)C)ncc1CC. The summed E-state index contributed by atoms with van der Waals surface area (Å²) < 4.78 is 5.16. The maximum Gasteiger partial charge on any atom is 0.407 e. The lowest BCUT2D eigenvalue weighted by Gasteiger charge is -2.19. The van der Waals surface area contributed by atoms with E-state index in [1.807, 2.05) is 27.0 Å². The fourth-order valence-electron chi connectivity index (χ4n) is 1.93. The van der Waals surface area contributed by atoms with Gasteiger partial charge < -0.3 is 15.4 Å². The number of carbonyl (C=O) groups excluding carboxylic acids is 1. The molecule has 0 radical (unpaired) electrons. The van der Waals surface area contributed by atoms with Crippen LogP contribution in [0.15, 0.2) is 6.20 Å². The van der Waals surface area contributed by atoms with Crippen LogP contribution in [0.1, 0.15) is 52.3 Å². The van der Waals surface area contributed by atoms with Crippen molar-refractivity contribution in [2.24, 2.45) is 0 Å². The second-order valence-corrected chi connectivity index (χ2v) is 6.12. The molecule has 1 amide bonds. The molecule has 1 aromatic rings. The molecule has 1 heterocycles. The van der Waals surface area contributed by atoms with Crippen LogP contribution >= 0.6 is 0 Å². The van der Waals surface area contributed by atoms with Gasteiger partial charge in [-0.2, -0.15) is 0 Å². The molecule has 2 N–H and O–H groups in total. The van der Waals surface area contributed by atoms with Crippen LogP contribution in [0, 0.1) is 0 Å². The second kappa shape index (κ2) is 8.56. The maximum atomic E-state index is 11.5. The van der Waals surface area contributed by atoms with E-state index in [0.29, 0.717) is 19.0 Å². The van der Waals surface area contributed by atoms with Crippen molar-refractivity contribution in [1.82, 2.24) is 15.3 Å². The number of carbonyl (C=O) groups is 1. The lowest BCUT2D eigenvalue weighted by molar-refractivity contribution is 0.0530. The van der Waals surface area contributed by atoms with E-state index in [4.69, 9.17) is 4.74 Å². The number of alkyl carbamates (subject to hydrolysis) is 1. The Morgan fingerprint density at radius 2 is 2.00 bits per heavy atom. The third kappa shape index (κ3) is 6.74. The number of aryl methyl sites for hydroxylation is 2. The minimum Gasteiger partial charge on any atom is -0.444 e. The van der Waals surface area contributed by atoms with E-state index in [1.54, 1.807) is 0 Å². The number of nitrogens with zero attached hydrogens (tertiary/aromatic N) is 2. The topological polar surface area (TPSA) is 76.1 Å². The molecule has 6 heteroatoms. The van der Waals surface area contributed by atoms with Crippen LogP contribution in [0.2, 0.25) is 0 Å². The molecule has 0 aliphatic heterocycles. The van der Waals surface area contributed by atoms with Crippen molar-refractivity contribution in [2.45, 2.75) is 59.5 Å². The number of ether oxygens (including phenoxy) is 1. The molecular formula is C16H28N4O2. The Morgan fingerprint density at radius 1 is 1.27 bits per heavy atom. The second-order valence-electron chi connectivity index (χ2n) is 6.12. The zero-order valence-electron chi connectivity index (χ0n) is 14.3. The standard InChI is InChI=1S/C16H28N4O2/c1-6-8-13-12(7-2)11-19-14(20-13)17-9-10-18-15(21)22-16(3,4)5/h11H,6-10H2,1-5H3,(H,18,21)(H,17,19,20). The van der Waals surface area contributed by atoms with Gasteiger partial charge in [-0.15, -0.1) is 0 Å². The van der Waals surface area contributed by atoms with Gasteiger partial charge in [0.15, 0.2) is 0 Å². The number of aromatic nitrogens is 2. The average molecular weight is 308 g/mol. The molecule has 0 spiro atoms. The molecule has 1 aromatic heterocycles. The van der Waals surface area contributed by atoms with Crippen molar-refractivity contribution in [2.75, 3.05) is 18.4 Å². The summed E-state index contributed by atoms with van der Waals surface area (Å²) in [4.78, 5) is 20.3. The van der Waals surface area contributed by atoms with E-state index in [2.05, 4.69) is 34.4 Å². The van der Waals surface area contributed by atoms with Crippen LogP contribution in [-0.2, 0) is 17.6 Å². The number of rotatable bonds is 7. The van der Waals surface area contributed by atoms with Crippen LogP contribution in [0.3, 0.4) is 0 Å². The van der Waals surface area contributed by atoms with Crippen LogP contribution in [0.25, 0.3) is 0 Å². The highest BCUT2D eigenvalue weighted by atomic mass is 16.6. The molecule has 0 aliphatic carbocycles. The molecule has 22 heavy (non-hydrogen) atoms. The molecule has 1 rings (SSSR count). The first-order chi connectivity index (χ1) is 10.4. The summed E-state index contributed by atoms with van der Waals surface area (Å²) in [6, 6.07) is 0. The summed E-state index contributed by atoms with van der Waals surface area (Å²) in [5, 5.41) is 5.81. The quantitative estimate of drug-likeness (QED) is 0.757. The van der Waals surface area contributed by atoms with Crippen molar-refractivity contribution >= 4 is 12.0 Å². The number of anilines is 1. The highest BCUT2D eigenvalue weighted by Crippen LogP contribution is 2.11. The summed E-state index contributed by atoms with van der Waals surface area (Å²) in [5.41, 5.74) is 1.81. The van der Waals surface area contributed by atoms with E-state index in [0.717, 1.165) is 25.0 Å². The van der Waals surface area contributed by atoms with E-state index in [1.165, 1.54) is 5.56 Å². The molecule has 124 valence electrons. The maximum absolute atomic E-state index is 11.5. The normalized spacial score (nSPS) is 11.1. The zero-order chi connectivity index (χ0) is 16.6. The molecule has 0 aliphatic rings. The third-order valence-electron chi connectivity index (χ3n) is 2.90. The van der Waals surface area contributed by atoms with Gasteiger partial charge in [0.1, 0.15) is 5.60 Å². The Bertz CT molecular complexity index is 484. The number of nitrogens with one attached hydrogen (secondary N) is 2. The molecule has 0 bridgehead atoms. The zero-order valence-corrected chi connectivity index (χ0v) is 14.3. The van der Waals surface area contributed by atoms with E-state index in [-0.39, 0.29) is 0 Å². The van der Waals surface area contributed by atoms with Crippen molar-refractivity contribution in [3.8, 4) is 0 Å². The fraction of sp³-hybridized carbons (Fsp3) is 0.688. The van der Waals surface area contributed by atoms with Crippen molar-refractivity contribution in [3.05, 3.63) is 17.5 Å². The first-order valence-electron chi connectivity index (χ1n) is 7.91. The summed E-state index contributed by atoms with van der Waals surface area (Å²) in [5.74, 6) is 0.603. The van der Waals surface area contributed by atoms with Crippen LogP contribution in [-0.4, -0.2) is 34.8 Å². The van der Waals surface area contributed by atoms with Gasteiger partial charge in [0.25, 0.3) is 0 Å². The summed E-state index contributed by atoms with van der Waals surface area (Å²) in [6.07, 6.45) is 4.42. The highest BCUT2D eigenvalue weighted by Gasteiger charge is 2.15. The Morgan fingerprint density at radius 3 is 2.59 bits per heavy atom. The van der Waals surface area contributed by atoms with Gasteiger partial charge in [0.2, 0.25) is 5.95 Å². The Balaban J connectivity index is 2.42. The molecule has 0 aromatic carbocycles. The molecule has 0 fully saturated rings. The monoisotopic (exact) mass is 308 g/mol. The largest absolute Gasteiger partial charge is 0.444 e. The van der Waals surface area contributed by atoms with E-state index in [9.17, 15) is 4.79 Å². The highest BCUT2D eigenvalue weighted by molar-refractivity contribution is 5.67. The average Bonchev–Trinajstić information content (AvgIpc) is 2.42. The van der Waals surface area contributed by atoms with Gasteiger partial charge in [-0.05, 0) is 39.2 Å². The minimum absolute atomic E-state index is 0.414. The predicted octanol–water partition coefficient (Wildman–Crippen LogP) is 2.93. The minimum atomic E-state index is -0.480. The molecular weight excluding hydrogens is 280 g/mol. The Labute approximate surface area is 133 Å². The van der Waals surface area contributed by atoms with Gasteiger partial charge in [0, 0.05) is 25.0 Å². The Kier molecular flexibility index (Phi) is 7.08. The summed E-state index contributed by atoms with van der Waals surface area (Å²) in [6.45, 7) is 10.8. The van der Waals surface area contributed by atoms with Crippen molar-refractivity contribution in [1.29, 1.82) is 0 Å². The van der Waals surface area contributed by atoms with Crippen LogP contribution in [0.5, 0.6) is 0 Å². The molecule has 0 atom stereocenters. The number of hydrogen-bond acceptors (Lipinski definition) is 5. The van der Waals surface area contributed by atoms with Gasteiger partial charge in [-0.3, -0.25) is 0 Å². The van der Waals surface area contributed by atoms with Gasteiger partial charge in [0.05, 0.1) is 0 Å². The van der Waals surface area contributed by atoms with Gasteiger partial charge in [-0.25, -0.2) is 14.8 Å². The van der Waals surface area contributed by atoms with E-state index < -0.39 is 11.7 Å². The van der Waals surface area contributed by atoms with Crippen LogP contribution in [0.4, 0.5) is 10.7 Å². The number of amides is 1. The van der Waals surface area contributed by atoms with Gasteiger partial charge >= 0.3 is 6.09 Å². The summed E-state index contributed by atoms with van der Waals surface area (Å²) in [7, 11) is 0. The first kappa shape index (κ1) is 18.2. The van der Waals surface area contributed by atoms with E-state index >= 15 is 0 Å². The Hall–Kier alpha value is -1.85. The fourth-order valence-corrected chi connectivity index (χ4v) is 1.93. The molecule has 0 saturated carbocycles. The molecule has 0 saturated heterocycles. The lowest BCUT2D eigenvalue weighted by Crippen LogP contribution is -2.35. The smallest absolute Gasteiger partial charge is 0.407 e. The first-order valence-corrected chi connectivity index (χ1v) is 7.91. The molecule has 6 nitrogen and oxygen atoms in total. The van der Waals surface area contributed by atoms with Gasteiger partial charge in [-0.1, -0.05) is 20.3 Å². The predicted molar refractivity (Wildman–Crippen MR) is 88.1 cm³/mol. The lowest BCUT2D eigenvalue weighted by atomic mass is 10.1.